The number of fused-ring (bicyclic) bond motifs is 3. The Morgan fingerprint density at radius 3 is 3.13 bits per heavy atom. The maximum absolute atomic E-state index is 9.86. The Balaban J connectivity index is 2.38. The molecule has 3 heteroatoms. The monoisotopic (exact) mass is 202 g/mol. The molecule has 0 saturated heterocycles. The lowest BCUT2D eigenvalue weighted by atomic mass is 10.1. The molecule has 0 fully saturated rings. The molecule has 78 valence electrons. The molecule has 1 aromatic carbocycles. The van der Waals surface area contributed by atoms with E-state index in [1.54, 1.807) is 6.07 Å². The molecule has 1 aromatic heterocycles. The Kier molecular flexibility index (Phi) is 1.76. The van der Waals surface area contributed by atoms with Crippen molar-refractivity contribution in [3.05, 3.63) is 30.0 Å². The van der Waals surface area contributed by atoms with E-state index in [2.05, 4.69) is 10.6 Å². The molecule has 0 saturated carbocycles. The normalized spacial score (nSPS) is 20.5. The van der Waals surface area contributed by atoms with Crippen LogP contribution in [0.3, 0.4) is 0 Å². The molecule has 0 radical (unpaired) electrons. The molecule has 3 rings (SSSR count). The molecule has 1 unspecified atom stereocenters. The third-order valence-corrected chi connectivity index (χ3v) is 3.18. The summed E-state index contributed by atoms with van der Waals surface area (Å²) in [6.45, 7) is 0. The van der Waals surface area contributed by atoms with Crippen molar-refractivity contribution >= 4 is 10.9 Å². The number of rotatable bonds is 0. The summed E-state index contributed by atoms with van der Waals surface area (Å²) in [4.78, 5) is 0. The van der Waals surface area contributed by atoms with Gasteiger partial charge in [0.25, 0.3) is 0 Å². The first kappa shape index (κ1) is 8.80. The molecular weight excluding hydrogens is 188 g/mol. The largest absolute Gasteiger partial charge is 0.506 e. The first-order valence-electron chi connectivity index (χ1n) is 5.35. The molecule has 2 aromatic rings. The molecular formula is C12H14N2O. The van der Waals surface area contributed by atoms with Crippen LogP contribution in [0, 0.1) is 0 Å². The summed E-state index contributed by atoms with van der Waals surface area (Å²) < 4.78 is 2.08. The van der Waals surface area contributed by atoms with Gasteiger partial charge in [0.2, 0.25) is 0 Å². The predicted molar refractivity (Wildman–Crippen MR) is 59.8 cm³/mol. The molecule has 1 aliphatic rings. The van der Waals surface area contributed by atoms with E-state index in [1.807, 2.05) is 12.1 Å². The molecule has 1 aliphatic heterocycles. The Morgan fingerprint density at radius 1 is 1.40 bits per heavy atom. The zero-order valence-corrected chi connectivity index (χ0v) is 8.48. The fraction of sp³-hybridized carbons (Fsp3) is 0.333. The number of phenolic OH excluding ortho intramolecular Hbond substituents is 1. The Morgan fingerprint density at radius 2 is 2.27 bits per heavy atom. The standard InChI is InChI=1S/C12H14N2O/c13-11-6-2-4-9-7-8-3-1-5-10(15)12(8)14(9)11/h1,3,5,7,11,15H,2,4,6,13H2. The van der Waals surface area contributed by atoms with Gasteiger partial charge in [-0.15, -0.1) is 0 Å². The highest BCUT2D eigenvalue weighted by Gasteiger charge is 2.20. The van der Waals surface area contributed by atoms with Gasteiger partial charge in [-0.1, -0.05) is 12.1 Å². The van der Waals surface area contributed by atoms with Gasteiger partial charge in [0, 0.05) is 11.1 Å². The quantitative estimate of drug-likeness (QED) is 0.687. The number of nitrogens with zero attached hydrogens (tertiary/aromatic N) is 1. The zero-order chi connectivity index (χ0) is 10.4. The van der Waals surface area contributed by atoms with Crippen LogP contribution in [0.4, 0.5) is 0 Å². The summed E-state index contributed by atoms with van der Waals surface area (Å²) in [5.74, 6) is 0.330. The molecule has 2 heterocycles. The van der Waals surface area contributed by atoms with Crippen LogP contribution in [0.15, 0.2) is 24.3 Å². The van der Waals surface area contributed by atoms with E-state index in [9.17, 15) is 5.11 Å². The lowest BCUT2D eigenvalue weighted by Crippen LogP contribution is -2.24. The van der Waals surface area contributed by atoms with E-state index in [1.165, 1.54) is 5.69 Å². The van der Waals surface area contributed by atoms with Crippen LogP contribution in [0.2, 0.25) is 0 Å². The van der Waals surface area contributed by atoms with Gasteiger partial charge < -0.3 is 15.4 Å². The second-order valence-corrected chi connectivity index (χ2v) is 4.18. The van der Waals surface area contributed by atoms with Crippen molar-refractivity contribution in [2.45, 2.75) is 25.4 Å². The van der Waals surface area contributed by atoms with Gasteiger partial charge in [0.15, 0.2) is 0 Å². The number of aromatic nitrogens is 1. The van der Waals surface area contributed by atoms with Gasteiger partial charge >= 0.3 is 0 Å². The van der Waals surface area contributed by atoms with Gasteiger partial charge in [0.1, 0.15) is 5.75 Å². The van der Waals surface area contributed by atoms with E-state index < -0.39 is 0 Å². The topological polar surface area (TPSA) is 51.2 Å². The highest BCUT2D eigenvalue weighted by molar-refractivity contribution is 5.87. The fourth-order valence-electron chi connectivity index (χ4n) is 2.51. The van der Waals surface area contributed by atoms with Crippen LogP contribution < -0.4 is 5.73 Å². The number of hydrogen-bond donors (Lipinski definition) is 2. The summed E-state index contributed by atoms with van der Waals surface area (Å²) >= 11 is 0. The van der Waals surface area contributed by atoms with Crippen LogP contribution in [-0.2, 0) is 6.42 Å². The first-order valence-corrected chi connectivity index (χ1v) is 5.35. The maximum atomic E-state index is 9.86. The maximum Gasteiger partial charge on any atom is 0.139 e. The second-order valence-electron chi connectivity index (χ2n) is 4.18. The molecule has 15 heavy (non-hydrogen) atoms. The summed E-state index contributed by atoms with van der Waals surface area (Å²) in [5, 5.41) is 10.9. The van der Waals surface area contributed by atoms with Gasteiger partial charge in [-0.3, -0.25) is 0 Å². The summed E-state index contributed by atoms with van der Waals surface area (Å²) in [6, 6.07) is 7.74. The van der Waals surface area contributed by atoms with Crippen molar-refractivity contribution in [1.29, 1.82) is 0 Å². The van der Waals surface area contributed by atoms with Crippen LogP contribution in [0.5, 0.6) is 5.75 Å². The number of para-hydroxylation sites is 1. The minimum Gasteiger partial charge on any atom is -0.506 e. The number of nitrogens with two attached hydrogens (primary N) is 1. The van der Waals surface area contributed by atoms with Gasteiger partial charge in [-0.2, -0.15) is 0 Å². The number of aryl methyl sites for hydroxylation is 1. The number of aromatic hydroxyl groups is 1. The predicted octanol–water partition coefficient (Wildman–Crippen LogP) is 2.14. The molecule has 1 atom stereocenters. The average Bonchev–Trinajstić information content (AvgIpc) is 2.58. The van der Waals surface area contributed by atoms with E-state index in [0.717, 1.165) is 30.2 Å². The van der Waals surface area contributed by atoms with Crippen molar-refractivity contribution in [3.63, 3.8) is 0 Å². The van der Waals surface area contributed by atoms with E-state index in [4.69, 9.17) is 5.73 Å². The van der Waals surface area contributed by atoms with Crippen molar-refractivity contribution < 1.29 is 5.11 Å². The number of benzene rings is 1. The minimum absolute atomic E-state index is 0.0135. The highest BCUT2D eigenvalue weighted by Crippen LogP contribution is 2.33. The third-order valence-electron chi connectivity index (χ3n) is 3.18. The first-order chi connectivity index (χ1) is 7.27. The molecule has 0 bridgehead atoms. The lowest BCUT2D eigenvalue weighted by Gasteiger charge is -2.23. The zero-order valence-electron chi connectivity index (χ0n) is 8.48. The van der Waals surface area contributed by atoms with Crippen LogP contribution in [-0.4, -0.2) is 9.67 Å². The molecule has 0 spiro atoms. The summed E-state index contributed by atoms with van der Waals surface area (Å²) in [7, 11) is 0. The van der Waals surface area contributed by atoms with Crippen molar-refractivity contribution in [2.75, 3.05) is 0 Å². The minimum atomic E-state index is 0.0135. The van der Waals surface area contributed by atoms with Crippen molar-refractivity contribution in [3.8, 4) is 5.75 Å². The van der Waals surface area contributed by atoms with E-state index >= 15 is 0 Å². The third kappa shape index (κ3) is 1.16. The molecule has 3 nitrogen and oxygen atoms in total. The van der Waals surface area contributed by atoms with Crippen molar-refractivity contribution in [2.24, 2.45) is 5.73 Å². The molecule has 0 amide bonds. The lowest BCUT2D eigenvalue weighted by molar-refractivity contribution is 0.416. The highest BCUT2D eigenvalue weighted by atomic mass is 16.3. The fourth-order valence-corrected chi connectivity index (χ4v) is 2.51. The molecule has 0 aliphatic carbocycles. The Labute approximate surface area is 88.1 Å². The smallest absolute Gasteiger partial charge is 0.139 e. The molecule has 3 N–H and O–H groups in total. The SMILES string of the molecule is NC1CCCc2cc3cccc(O)c3n21. The number of phenols is 1. The van der Waals surface area contributed by atoms with Crippen LogP contribution >= 0.6 is 0 Å². The Hall–Kier alpha value is -1.48. The van der Waals surface area contributed by atoms with Gasteiger partial charge in [-0.05, 0) is 31.4 Å². The van der Waals surface area contributed by atoms with Crippen LogP contribution in [0.25, 0.3) is 10.9 Å². The van der Waals surface area contributed by atoms with Gasteiger partial charge in [0.05, 0.1) is 11.7 Å². The Bertz CT molecular complexity index is 516. The van der Waals surface area contributed by atoms with E-state index in [-0.39, 0.29) is 6.17 Å². The van der Waals surface area contributed by atoms with Crippen molar-refractivity contribution in [1.82, 2.24) is 4.57 Å². The van der Waals surface area contributed by atoms with E-state index in [0.29, 0.717) is 5.75 Å². The van der Waals surface area contributed by atoms with Gasteiger partial charge in [-0.25, -0.2) is 0 Å². The second kappa shape index (κ2) is 3.00. The average molecular weight is 202 g/mol. The summed E-state index contributed by atoms with van der Waals surface area (Å²) in [6.07, 6.45) is 3.20. The summed E-state index contributed by atoms with van der Waals surface area (Å²) in [5.41, 5.74) is 8.21. The number of hydrogen-bond acceptors (Lipinski definition) is 2. The van der Waals surface area contributed by atoms with Crippen LogP contribution in [0.1, 0.15) is 24.7 Å².